The standard InChI is InChI=1S/C14H18BrNO3/c1-4-9(2)16-14(18)8-19-13-6-5-11(15)7-12(13)10(3)17/h5-7,9H,4,8H2,1-3H3,(H,16,18). The molecule has 0 spiro atoms. The molecule has 0 heterocycles. The first kappa shape index (κ1) is 15.7. The van der Waals surface area contributed by atoms with Crippen LogP contribution in [-0.2, 0) is 4.79 Å². The van der Waals surface area contributed by atoms with Gasteiger partial charge in [0.1, 0.15) is 5.75 Å². The average molecular weight is 328 g/mol. The SMILES string of the molecule is CCC(C)NC(=O)COc1ccc(Br)cc1C(C)=O. The fraction of sp³-hybridized carbons (Fsp3) is 0.429. The van der Waals surface area contributed by atoms with E-state index in [2.05, 4.69) is 21.2 Å². The number of benzene rings is 1. The number of carbonyl (C=O) groups excluding carboxylic acids is 2. The number of Topliss-reactive ketones (excluding diaryl/α,β-unsaturated/α-hetero) is 1. The highest BCUT2D eigenvalue weighted by atomic mass is 79.9. The molecule has 1 rings (SSSR count). The van der Waals surface area contributed by atoms with Crippen LogP contribution in [0.5, 0.6) is 5.75 Å². The van der Waals surface area contributed by atoms with E-state index >= 15 is 0 Å². The van der Waals surface area contributed by atoms with Crippen molar-refractivity contribution in [3.05, 3.63) is 28.2 Å². The minimum absolute atomic E-state index is 0.0910. The monoisotopic (exact) mass is 327 g/mol. The lowest BCUT2D eigenvalue weighted by Crippen LogP contribution is -2.35. The molecule has 0 aliphatic carbocycles. The molecule has 1 atom stereocenters. The number of hydrogen-bond donors (Lipinski definition) is 1. The van der Waals surface area contributed by atoms with Gasteiger partial charge < -0.3 is 10.1 Å². The van der Waals surface area contributed by atoms with E-state index in [-0.39, 0.29) is 24.3 Å². The van der Waals surface area contributed by atoms with E-state index in [1.165, 1.54) is 6.92 Å². The number of carbonyl (C=O) groups is 2. The molecule has 0 aliphatic heterocycles. The van der Waals surface area contributed by atoms with E-state index in [1.807, 2.05) is 13.8 Å². The van der Waals surface area contributed by atoms with E-state index in [1.54, 1.807) is 18.2 Å². The largest absolute Gasteiger partial charge is 0.483 e. The lowest BCUT2D eigenvalue weighted by Gasteiger charge is -2.13. The zero-order valence-electron chi connectivity index (χ0n) is 11.3. The van der Waals surface area contributed by atoms with Crippen LogP contribution in [0.3, 0.4) is 0 Å². The Balaban J connectivity index is 2.67. The topological polar surface area (TPSA) is 55.4 Å². The Morgan fingerprint density at radius 3 is 2.68 bits per heavy atom. The predicted octanol–water partition coefficient (Wildman–Crippen LogP) is 2.95. The minimum Gasteiger partial charge on any atom is -0.483 e. The van der Waals surface area contributed by atoms with E-state index in [9.17, 15) is 9.59 Å². The van der Waals surface area contributed by atoms with Crippen LogP contribution in [0.15, 0.2) is 22.7 Å². The zero-order chi connectivity index (χ0) is 14.4. The highest BCUT2D eigenvalue weighted by molar-refractivity contribution is 9.10. The summed E-state index contributed by atoms with van der Waals surface area (Å²) < 4.78 is 6.21. The molecular weight excluding hydrogens is 310 g/mol. The van der Waals surface area contributed by atoms with Crippen molar-refractivity contribution in [1.82, 2.24) is 5.32 Å². The highest BCUT2D eigenvalue weighted by Crippen LogP contribution is 2.23. The van der Waals surface area contributed by atoms with E-state index in [0.717, 1.165) is 10.9 Å². The van der Waals surface area contributed by atoms with Crippen molar-refractivity contribution in [2.45, 2.75) is 33.2 Å². The Labute approximate surface area is 121 Å². The van der Waals surface area contributed by atoms with Gasteiger partial charge in [-0.05, 0) is 38.5 Å². The van der Waals surface area contributed by atoms with Crippen LogP contribution < -0.4 is 10.1 Å². The van der Waals surface area contributed by atoms with Crippen molar-refractivity contribution >= 4 is 27.6 Å². The number of ether oxygens (including phenoxy) is 1. The number of hydrogen-bond acceptors (Lipinski definition) is 3. The summed E-state index contributed by atoms with van der Waals surface area (Å²) in [6.45, 7) is 5.30. The average Bonchev–Trinajstić information content (AvgIpc) is 2.36. The van der Waals surface area contributed by atoms with Crippen molar-refractivity contribution in [3.8, 4) is 5.75 Å². The van der Waals surface area contributed by atoms with Gasteiger partial charge in [-0.15, -0.1) is 0 Å². The molecular formula is C14H18BrNO3. The maximum atomic E-state index is 11.6. The molecule has 4 nitrogen and oxygen atoms in total. The number of rotatable bonds is 6. The minimum atomic E-state index is -0.188. The molecule has 1 amide bonds. The van der Waals surface area contributed by atoms with Crippen molar-refractivity contribution in [2.75, 3.05) is 6.61 Å². The second-order valence-corrected chi connectivity index (χ2v) is 5.28. The van der Waals surface area contributed by atoms with Gasteiger partial charge >= 0.3 is 0 Å². The molecule has 0 saturated carbocycles. The summed E-state index contributed by atoms with van der Waals surface area (Å²) in [7, 11) is 0. The highest BCUT2D eigenvalue weighted by Gasteiger charge is 2.11. The molecule has 19 heavy (non-hydrogen) atoms. The van der Waals surface area contributed by atoms with Crippen LogP contribution in [0.25, 0.3) is 0 Å². The number of nitrogens with one attached hydrogen (secondary N) is 1. The molecule has 0 bridgehead atoms. The van der Waals surface area contributed by atoms with Crippen LogP contribution >= 0.6 is 15.9 Å². The fourth-order valence-corrected chi connectivity index (χ4v) is 1.83. The third-order valence-corrected chi connectivity index (χ3v) is 3.19. The van der Waals surface area contributed by atoms with Crippen LogP contribution in [0.1, 0.15) is 37.6 Å². The summed E-state index contributed by atoms with van der Waals surface area (Å²) in [4.78, 5) is 23.1. The molecule has 0 aliphatic rings. The first-order valence-corrected chi connectivity index (χ1v) is 6.96. The molecule has 1 aromatic carbocycles. The van der Waals surface area contributed by atoms with Gasteiger partial charge in [0.15, 0.2) is 12.4 Å². The van der Waals surface area contributed by atoms with Crippen molar-refractivity contribution in [2.24, 2.45) is 0 Å². The van der Waals surface area contributed by atoms with E-state index in [4.69, 9.17) is 4.74 Å². The third kappa shape index (κ3) is 5.03. The second-order valence-electron chi connectivity index (χ2n) is 4.36. The lowest BCUT2D eigenvalue weighted by molar-refractivity contribution is -0.123. The molecule has 0 aromatic heterocycles. The summed E-state index contributed by atoms with van der Waals surface area (Å²) in [6, 6.07) is 5.25. The molecule has 1 unspecified atom stereocenters. The van der Waals surface area contributed by atoms with Crippen molar-refractivity contribution in [3.63, 3.8) is 0 Å². The smallest absolute Gasteiger partial charge is 0.258 e. The van der Waals surface area contributed by atoms with Crippen molar-refractivity contribution in [1.29, 1.82) is 0 Å². The fourth-order valence-electron chi connectivity index (χ4n) is 1.47. The van der Waals surface area contributed by atoms with Gasteiger partial charge in [0, 0.05) is 10.5 Å². The van der Waals surface area contributed by atoms with Gasteiger partial charge in [0.05, 0.1) is 5.56 Å². The summed E-state index contributed by atoms with van der Waals surface area (Å²) in [5.74, 6) is 0.139. The normalized spacial score (nSPS) is 11.8. The molecule has 104 valence electrons. The Bertz CT molecular complexity index is 474. The Morgan fingerprint density at radius 1 is 1.42 bits per heavy atom. The molecule has 0 radical (unpaired) electrons. The summed E-state index contributed by atoms with van der Waals surface area (Å²) in [6.07, 6.45) is 0.864. The first-order valence-electron chi connectivity index (χ1n) is 6.16. The van der Waals surface area contributed by atoms with Gasteiger partial charge in [0.25, 0.3) is 5.91 Å². The second kappa shape index (κ2) is 7.28. The Kier molecular flexibility index (Phi) is 6.02. The molecule has 1 aromatic rings. The number of amides is 1. The molecule has 5 heteroatoms. The first-order chi connectivity index (χ1) is 8.93. The van der Waals surface area contributed by atoms with Crippen LogP contribution in [0, 0.1) is 0 Å². The maximum Gasteiger partial charge on any atom is 0.258 e. The van der Waals surface area contributed by atoms with Crippen LogP contribution in [0.2, 0.25) is 0 Å². The van der Waals surface area contributed by atoms with Crippen molar-refractivity contribution < 1.29 is 14.3 Å². The van der Waals surface area contributed by atoms with Gasteiger partial charge in [-0.1, -0.05) is 22.9 Å². The summed E-state index contributed by atoms with van der Waals surface area (Å²) in [5, 5.41) is 2.80. The lowest BCUT2D eigenvalue weighted by atomic mass is 10.1. The summed E-state index contributed by atoms with van der Waals surface area (Å²) >= 11 is 3.30. The molecule has 1 N–H and O–H groups in total. The number of halogens is 1. The maximum absolute atomic E-state index is 11.6. The Morgan fingerprint density at radius 2 is 2.11 bits per heavy atom. The predicted molar refractivity (Wildman–Crippen MR) is 77.5 cm³/mol. The molecule has 0 saturated heterocycles. The van der Waals surface area contributed by atoms with Crippen LogP contribution in [-0.4, -0.2) is 24.3 Å². The quantitative estimate of drug-likeness (QED) is 0.817. The van der Waals surface area contributed by atoms with Crippen LogP contribution in [0.4, 0.5) is 0 Å². The van der Waals surface area contributed by atoms with Gasteiger partial charge in [0.2, 0.25) is 0 Å². The van der Waals surface area contributed by atoms with Gasteiger partial charge in [-0.25, -0.2) is 0 Å². The Hall–Kier alpha value is -1.36. The molecule has 0 fully saturated rings. The third-order valence-electron chi connectivity index (χ3n) is 2.70. The number of ketones is 1. The van der Waals surface area contributed by atoms with Gasteiger partial charge in [-0.3, -0.25) is 9.59 Å². The van der Waals surface area contributed by atoms with E-state index in [0.29, 0.717) is 11.3 Å². The van der Waals surface area contributed by atoms with E-state index < -0.39 is 0 Å². The zero-order valence-corrected chi connectivity index (χ0v) is 12.9. The summed E-state index contributed by atoms with van der Waals surface area (Å²) in [5.41, 5.74) is 0.464. The van der Waals surface area contributed by atoms with Gasteiger partial charge in [-0.2, -0.15) is 0 Å².